The van der Waals surface area contributed by atoms with E-state index in [2.05, 4.69) is 4.98 Å². The minimum absolute atomic E-state index is 0.0481. The molecule has 33 heavy (non-hydrogen) atoms. The predicted octanol–water partition coefficient (Wildman–Crippen LogP) is 3.95. The fraction of sp³-hybridized carbons (Fsp3) is 0.320. The number of hydrogen-bond donors (Lipinski definition) is 0. The molecule has 1 fully saturated rings. The second kappa shape index (κ2) is 10.0. The van der Waals surface area contributed by atoms with Crippen molar-refractivity contribution in [1.29, 1.82) is 0 Å². The zero-order valence-corrected chi connectivity index (χ0v) is 19.9. The molecule has 4 rings (SSSR count). The van der Waals surface area contributed by atoms with Crippen molar-refractivity contribution in [3.8, 4) is 11.5 Å². The number of aromatic nitrogens is 1. The predicted molar refractivity (Wildman–Crippen MR) is 127 cm³/mol. The first-order valence-electron chi connectivity index (χ1n) is 10.8. The molecule has 1 aliphatic heterocycles. The van der Waals surface area contributed by atoms with Crippen LogP contribution in [0, 0.1) is 13.8 Å². The number of carbonyl (C=O) groups excluding carboxylic acids is 2. The third kappa shape index (κ3) is 5.34. The standard InChI is InChI=1S/C25H27N3O4S/c1-17-7-8-20(14-23(17)31-3)25(30)28-11-9-27(10-12-28)24(29)19-5-4-6-22(13-19)32-15-21-16-33-18(2)26-21/h4-8,13-14,16H,9-12,15H2,1-3H3. The van der Waals surface area contributed by atoms with Gasteiger partial charge in [0.25, 0.3) is 11.8 Å². The van der Waals surface area contributed by atoms with Crippen LogP contribution in [0.4, 0.5) is 0 Å². The van der Waals surface area contributed by atoms with E-state index in [1.54, 1.807) is 46.4 Å². The van der Waals surface area contributed by atoms with Crippen LogP contribution < -0.4 is 9.47 Å². The monoisotopic (exact) mass is 465 g/mol. The van der Waals surface area contributed by atoms with Gasteiger partial charge in [0.1, 0.15) is 18.1 Å². The maximum absolute atomic E-state index is 13.0. The highest BCUT2D eigenvalue weighted by Gasteiger charge is 2.26. The minimum atomic E-state index is -0.0611. The Balaban J connectivity index is 1.35. The van der Waals surface area contributed by atoms with Crippen LogP contribution in [0.15, 0.2) is 47.8 Å². The van der Waals surface area contributed by atoms with Crippen LogP contribution >= 0.6 is 11.3 Å². The SMILES string of the molecule is COc1cc(C(=O)N2CCN(C(=O)c3cccc(OCc4csc(C)n4)c3)CC2)ccc1C. The van der Waals surface area contributed by atoms with Gasteiger partial charge in [-0.25, -0.2) is 4.98 Å². The Kier molecular flexibility index (Phi) is 6.93. The lowest BCUT2D eigenvalue weighted by Gasteiger charge is -2.35. The molecule has 7 nitrogen and oxygen atoms in total. The molecular weight excluding hydrogens is 438 g/mol. The number of hydrogen-bond acceptors (Lipinski definition) is 6. The second-order valence-corrected chi connectivity index (χ2v) is 9.01. The third-order valence-electron chi connectivity index (χ3n) is 5.64. The fourth-order valence-corrected chi connectivity index (χ4v) is 4.38. The maximum Gasteiger partial charge on any atom is 0.254 e. The lowest BCUT2D eigenvalue weighted by Crippen LogP contribution is -2.50. The normalized spacial score (nSPS) is 13.7. The largest absolute Gasteiger partial charge is 0.496 e. The average Bonchev–Trinajstić information content (AvgIpc) is 3.27. The number of aryl methyl sites for hydroxylation is 2. The Morgan fingerprint density at radius 1 is 0.970 bits per heavy atom. The van der Waals surface area contributed by atoms with E-state index in [0.717, 1.165) is 16.3 Å². The van der Waals surface area contributed by atoms with E-state index < -0.39 is 0 Å². The molecule has 2 aromatic carbocycles. The van der Waals surface area contributed by atoms with Crippen molar-refractivity contribution < 1.29 is 19.1 Å². The highest BCUT2D eigenvalue weighted by molar-refractivity contribution is 7.09. The summed E-state index contributed by atoms with van der Waals surface area (Å²) < 4.78 is 11.2. The smallest absolute Gasteiger partial charge is 0.254 e. The van der Waals surface area contributed by atoms with Crippen LogP contribution in [-0.4, -0.2) is 59.9 Å². The molecule has 172 valence electrons. The summed E-state index contributed by atoms with van der Waals surface area (Å²) in [6.07, 6.45) is 0. The van der Waals surface area contributed by atoms with Gasteiger partial charge in [0, 0.05) is 42.7 Å². The zero-order chi connectivity index (χ0) is 23.4. The Bertz CT molecular complexity index is 1150. The van der Waals surface area contributed by atoms with Crippen LogP contribution in [0.1, 0.15) is 37.0 Å². The number of carbonyl (C=O) groups is 2. The van der Waals surface area contributed by atoms with Gasteiger partial charge in [0.05, 0.1) is 17.8 Å². The Hall–Kier alpha value is -3.39. The van der Waals surface area contributed by atoms with E-state index in [9.17, 15) is 9.59 Å². The first-order valence-corrected chi connectivity index (χ1v) is 11.7. The van der Waals surface area contributed by atoms with Gasteiger partial charge in [0.15, 0.2) is 0 Å². The third-order valence-corrected chi connectivity index (χ3v) is 6.47. The summed E-state index contributed by atoms with van der Waals surface area (Å²) in [4.78, 5) is 33.9. The highest BCUT2D eigenvalue weighted by atomic mass is 32.1. The lowest BCUT2D eigenvalue weighted by molar-refractivity contribution is 0.0535. The van der Waals surface area contributed by atoms with E-state index in [1.807, 2.05) is 43.5 Å². The molecule has 1 saturated heterocycles. The topological polar surface area (TPSA) is 72.0 Å². The van der Waals surface area contributed by atoms with Gasteiger partial charge in [-0.3, -0.25) is 9.59 Å². The molecule has 0 N–H and O–H groups in total. The quantitative estimate of drug-likeness (QED) is 0.551. The molecule has 0 spiro atoms. The number of rotatable bonds is 6. The summed E-state index contributed by atoms with van der Waals surface area (Å²) >= 11 is 1.58. The molecule has 0 aliphatic carbocycles. The lowest BCUT2D eigenvalue weighted by atomic mass is 10.1. The summed E-state index contributed by atoms with van der Waals surface area (Å²) in [5.74, 6) is 1.22. The Morgan fingerprint density at radius 3 is 2.24 bits per heavy atom. The second-order valence-electron chi connectivity index (χ2n) is 7.94. The minimum Gasteiger partial charge on any atom is -0.496 e. The van der Waals surface area contributed by atoms with E-state index in [1.165, 1.54) is 0 Å². The van der Waals surface area contributed by atoms with Crippen LogP contribution in [0.3, 0.4) is 0 Å². The van der Waals surface area contributed by atoms with E-state index >= 15 is 0 Å². The molecule has 8 heteroatoms. The van der Waals surface area contributed by atoms with Gasteiger partial charge in [-0.2, -0.15) is 0 Å². The van der Waals surface area contributed by atoms with Crippen molar-refractivity contribution in [2.75, 3.05) is 33.3 Å². The summed E-state index contributed by atoms with van der Waals surface area (Å²) in [6.45, 7) is 6.20. The van der Waals surface area contributed by atoms with Gasteiger partial charge in [-0.1, -0.05) is 12.1 Å². The molecule has 2 heterocycles. The number of amides is 2. The van der Waals surface area contributed by atoms with Gasteiger partial charge < -0.3 is 19.3 Å². The van der Waals surface area contributed by atoms with Crippen LogP contribution in [0.2, 0.25) is 0 Å². The molecule has 1 aromatic heterocycles. The highest BCUT2D eigenvalue weighted by Crippen LogP contribution is 2.22. The van der Waals surface area contributed by atoms with Crippen molar-refractivity contribution >= 4 is 23.2 Å². The van der Waals surface area contributed by atoms with Gasteiger partial charge >= 0.3 is 0 Å². The van der Waals surface area contributed by atoms with Crippen molar-refractivity contribution in [3.63, 3.8) is 0 Å². The number of thiazole rings is 1. The Labute approximate surface area is 197 Å². The van der Waals surface area contributed by atoms with Crippen molar-refractivity contribution in [3.05, 3.63) is 75.2 Å². The number of methoxy groups -OCH3 is 1. The van der Waals surface area contributed by atoms with Crippen LogP contribution in [-0.2, 0) is 6.61 Å². The molecule has 2 amide bonds. The molecule has 0 saturated carbocycles. The van der Waals surface area contributed by atoms with Crippen LogP contribution in [0.25, 0.3) is 0 Å². The molecule has 0 radical (unpaired) electrons. The summed E-state index contributed by atoms with van der Waals surface area (Å²) in [5, 5.41) is 2.97. The number of piperazine rings is 1. The molecule has 0 unspecified atom stereocenters. The number of ether oxygens (including phenoxy) is 2. The van der Waals surface area contributed by atoms with Crippen molar-refractivity contribution in [1.82, 2.24) is 14.8 Å². The first-order chi connectivity index (χ1) is 15.9. The van der Waals surface area contributed by atoms with Crippen molar-refractivity contribution in [2.45, 2.75) is 20.5 Å². The van der Waals surface area contributed by atoms with Crippen LogP contribution in [0.5, 0.6) is 11.5 Å². The number of benzene rings is 2. The molecule has 1 aliphatic rings. The molecule has 0 bridgehead atoms. The molecular formula is C25H27N3O4S. The van der Waals surface area contributed by atoms with Gasteiger partial charge in [0.2, 0.25) is 0 Å². The number of nitrogens with zero attached hydrogens (tertiary/aromatic N) is 3. The maximum atomic E-state index is 13.0. The molecule has 0 atom stereocenters. The summed E-state index contributed by atoms with van der Waals surface area (Å²) in [7, 11) is 1.60. The van der Waals surface area contributed by atoms with Gasteiger partial charge in [-0.15, -0.1) is 11.3 Å². The van der Waals surface area contributed by atoms with E-state index in [0.29, 0.717) is 55.4 Å². The summed E-state index contributed by atoms with van der Waals surface area (Å²) in [6, 6.07) is 12.7. The molecule has 3 aromatic rings. The van der Waals surface area contributed by atoms with E-state index in [4.69, 9.17) is 9.47 Å². The van der Waals surface area contributed by atoms with Crippen molar-refractivity contribution in [2.24, 2.45) is 0 Å². The summed E-state index contributed by atoms with van der Waals surface area (Å²) in [5.41, 5.74) is 3.03. The van der Waals surface area contributed by atoms with E-state index in [-0.39, 0.29) is 11.8 Å². The first kappa shape index (κ1) is 22.8. The van der Waals surface area contributed by atoms with Gasteiger partial charge in [-0.05, 0) is 49.7 Å². The average molecular weight is 466 g/mol. The zero-order valence-electron chi connectivity index (χ0n) is 19.0. The Morgan fingerprint density at radius 2 is 1.64 bits per heavy atom. The fourth-order valence-electron chi connectivity index (χ4n) is 3.78.